The van der Waals surface area contributed by atoms with Crippen molar-refractivity contribution in [1.29, 1.82) is 0 Å². The summed E-state index contributed by atoms with van der Waals surface area (Å²) in [7, 11) is 3.57. The first-order chi connectivity index (χ1) is 13.2. The van der Waals surface area contributed by atoms with Crippen LogP contribution in [0.2, 0.25) is 0 Å². The van der Waals surface area contributed by atoms with Crippen LogP contribution in [0.4, 0.5) is 17.1 Å². The van der Waals surface area contributed by atoms with E-state index in [0.29, 0.717) is 11.4 Å². The van der Waals surface area contributed by atoms with Crippen LogP contribution >= 0.6 is 0 Å². The fourth-order valence-electron chi connectivity index (χ4n) is 3.56. The molecule has 1 aliphatic heterocycles. The molecular weight excluding hydrogens is 340 g/mol. The van der Waals surface area contributed by atoms with Crippen molar-refractivity contribution in [3.05, 3.63) is 49.1 Å². The largest absolute Gasteiger partial charge is 0.495 e. The number of nitrogen functional groups attached to an aromatic ring is 1. The van der Waals surface area contributed by atoms with E-state index >= 15 is 0 Å². The number of nitrogens with two attached hydrogens (primary N) is 1. The molecule has 2 aromatic heterocycles. The summed E-state index contributed by atoms with van der Waals surface area (Å²) in [6.07, 6.45) is 7.61. The lowest BCUT2D eigenvalue weighted by molar-refractivity contribution is 0.417. The lowest BCUT2D eigenvalue weighted by atomic mass is 10.0. The number of hydrogen-bond acceptors (Lipinski definition) is 6. The summed E-state index contributed by atoms with van der Waals surface area (Å²) in [5, 5.41) is 4.31. The molecule has 7 heteroatoms. The third-order valence-electron chi connectivity index (χ3n) is 5.00. The van der Waals surface area contributed by atoms with Gasteiger partial charge in [-0.2, -0.15) is 5.10 Å². The maximum Gasteiger partial charge on any atom is 0.143 e. The summed E-state index contributed by atoms with van der Waals surface area (Å²) in [6.45, 7) is 3.69. The molecule has 0 atom stereocenters. The van der Waals surface area contributed by atoms with Gasteiger partial charge >= 0.3 is 0 Å². The van der Waals surface area contributed by atoms with Gasteiger partial charge in [-0.15, -0.1) is 0 Å². The van der Waals surface area contributed by atoms with Crippen LogP contribution in [0, 0.1) is 0 Å². The number of pyridine rings is 1. The van der Waals surface area contributed by atoms with E-state index in [1.165, 1.54) is 5.69 Å². The van der Waals surface area contributed by atoms with E-state index < -0.39 is 0 Å². The number of aryl methyl sites for hydroxylation is 1. The summed E-state index contributed by atoms with van der Waals surface area (Å²) < 4.78 is 7.28. The van der Waals surface area contributed by atoms with Gasteiger partial charge in [-0.1, -0.05) is 0 Å². The Morgan fingerprint density at radius 3 is 2.48 bits per heavy atom. The highest BCUT2D eigenvalue weighted by Gasteiger charge is 2.22. The van der Waals surface area contributed by atoms with E-state index in [9.17, 15) is 0 Å². The van der Waals surface area contributed by atoms with Crippen LogP contribution in [0.25, 0.3) is 11.1 Å². The van der Waals surface area contributed by atoms with Gasteiger partial charge in [0.2, 0.25) is 0 Å². The molecule has 7 nitrogen and oxygen atoms in total. The maximum atomic E-state index is 6.19. The number of aromatic nitrogens is 3. The van der Waals surface area contributed by atoms with E-state index in [1.807, 2.05) is 43.8 Å². The van der Waals surface area contributed by atoms with E-state index in [4.69, 9.17) is 10.5 Å². The molecule has 3 heterocycles. The zero-order chi connectivity index (χ0) is 18.8. The van der Waals surface area contributed by atoms with E-state index in [1.54, 1.807) is 18.0 Å². The normalized spacial score (nSPS) is 14.4. The van der Waals surface area contributed by atoms with Crippen molar-refractivity contribution in [2.45, 2.75) is 0 Å². The Balaban J connectivity index is 1.63. The molecule has 140 valence electrons. The van der Waals surface area contributed by atoms with Crippen molar-refractivity contribution < 1.29 is 4.74 Å². The Morgan fingerprint density at radius 2 is 1.85 bits per heavy atom. The third-order valence-corrected chi connectivity index (χ3v) is 5.00. The molecule has 1 fully saturated rings. The van der Waals surface area contributed by atoms with Crippen LogP contribution in [0.5, 0.6) is 5.75 Å². The van der Waals surface area contributed by atoms with Gasteiger partial charge < -0.3 is 20.3 Å². The highest BCUT2D eigenvalue weighted by Crippen LogP contribution is 2.38. The van der Waals surface area contributed by atoms with Crippen molar-refractivity contribution in [2.24, 2.45) is 7.05 Å². The monoisotopic (exact) mass is 364 g/mol. The fraction of sp³-hybridized carbons (Fsp3) is 0.300. The van der Waals surface area contributed by atoms with Crippen LogP contribution in [-0.4, -0.2) is 48.1 Å². The Kier molecular flexibility index (Phi) is 4.58. The SMILES string of the molecule is COc1cc(N2CCN(c3cccnc3)CC2)c(-c2cnn(C)c2)cc1N. The number of piperazine rings is 1. The van der Waals surface area contributed by atoms with Crippen LogP contribution < -0.4 is 20.3 Å². The quantitative estimate of drug-likeness (QED) is 0.717. The van der Waals surface area contributed by atoms with Crippen molar-refractivity contribution >= 4 is 17.1 Å². The average molecular weight is 364 g/mol. The molecule has 27 heavy (non-hydrogen) atoms. The standard InChI is InChI=1S/C20H24N6O/c1-24-14-15(12-23-24)17-10-18(21)20(27-2)11-19(17)26-8-6-25(7-9-26)16-4-3-5-22-13-16/h3-5,10-14H,6-9,21H2,1-2H3. The number of benzene rings is 1. The molecule has 4 rings (SSSR count). The molecule has 0 saturated carbocycles. The van der Waals surface area contributed by atoms with Gasteiger partial charge in [-0.05, 0) is 18.2 Å². The Hall–Kier alpha value is -3.22. The number of anilines is 3. The molecule has 2 N–H and O–H groups in total. The number of rotatable bonds is 4. The summed E-state index contributed by atoms with van der Waals surface area (Å²) in [6, 6.07) is 8.11. The lowest BCUT2D eigenvalue weighted by Gasteiger charge is -2.38. The topological polar surface area (TPSA) is 72.4 Å². The third kappa shape index (κ3) is 3.40. The predicted octanol–water partition coefficient (Wildman–Crippen LogP) is 2.40. The molecule has 1 aliphatic rings. The number of ether oxygens (including phenoxy) is 1. The molecule has 0 unspecified atom stereocenters. The van der Waals surface area contributed by atoms with Crippen LogP contribution in [-0.2, 0) is 7.05 Å². The maximum absolute atomic E-state index is 6.19. The van der Waals surface area contributed by atoms with Crippen LogP contribution in [0.3, 0.4) is 0 Å². The highest BCUT2D eigenvalue weighted by atomic mass is 16.5. The van der Waals surface area contributed by atoms with Gasteiger partial charge in [-0.3, -0.25) is 9.67 Å². The van der Waals surface area contributed by atoms with Gasteiger partial charge in [0.1, 0.15) is 5.75 Å². The number of nitrogens with zero attached hydrogens (tertiary/aromatic N) is 5. The van der Waals surface area contributed by atoms with Gasteiger partial charge in [-0.25, -0.2) is 0 Å². The minimum Gasteiger partial charge on any atom is -0.495 e. The van der Waals surface area contributed by atoms with Crippen LogP contribution in [0.1, 0.15) is 0 Å². The molecule has 1 saturated heterocycles. The zero-order valence-electron chi connectivity index (χ0n) is 15.7. The Labute approximate surface area is 159 Å². The summed E-state index contributed by atoms with van der Waals surface area (Å²) in [5.41, 5.74) is 11.2. The summed E-state index contributed by atoms with van der Waals surface area (Å²) in [5.74, 6) is 0.701. The smallest absolute Gasteiger partial charge is 0.143 e. The molecule has 0 bridgehead atoms. The first-order valence-corrected chi connectivity index (χ1v) is 9.02. The van der Waals surface area contributed by atoms with Gasteiger partial charge in [0.25, 0.3) is 0 Å². The highest BCUT2D eigenvalue weighted by molar-refractivity contribution is 5.83. The molecule has 0 spiro atoms. The number of methoxy groups -OCH3 is 1. The van der Waals surface area contributed by atoms with Crippen LogP contribution in [0.15, 0.2) is 49.1 Å². The molecule has 0 aliphatic carbocycles. The number of hydrogen-bond donors (Lipinski definition) is 1. The minimum absolute atomic E-state index is 0.633. The minimum atomic E-state index is 0.633. The molecule has 1 aromatic carbocycles. The van der Waals surface area contributed by atoms with Gasteiger partial charge in [0.15, 0.2) is 0 Å². The fourth-order valence-corrected chi connectivity index (χ4v) is 3.56. The lowest BCUT2D eigenvalue weighted by Crippen LogP contribution is -2.46. The van der Waals surface area contributed by atoms with Gasteiger partial charge in [0.05, 0.1) is 30.9 Å². The summed E-state index contributed by atoms with van der Waals surface area (Å²) in [4.78, 5) is 8.98. The summed E-state index contributed by atoms with van der Waals surface area (Å²) >= 11 is 0. The Bertz CT molecular complexity index is 915. The van der Waals surface area contributed by atoms with E-state index in [0.717, 1.165) is 43.0 Å². The molecule has 3 aromatic rings. The molecular formula is C20H24N6O. The van der Waals surface area contributed by atoms with Crippen molar-refractivity contribution in [1.82, 2.24) is 14.8 Å². The van der Waals surface area contributed by atoms with E-state index in [2.05, 4.69) is 25.9 Å². The average Bonchev–Trinajstić information content (AvgIpc) is 3.15. The molecule has 0 radical (unpaired) electrons. The first kappa shape index (κ1) is 17.2. The van der Waals surface area contributed by atoms with Crippen molar-refractivity contribution in [2.75, 3.05) is 48.8 Å². The Morgan fingerprint density at radius 1 is 1.07 bits per heavy atom. The predicted molar refractivity (Wildman–Crippen MR) is 108 cm³/mol. The molecule has 0 amide bonds. The first-order valence-electron chi connectivity index (χ1n) is 9.02. The second-order valence-corrected chi connectivity index (χ2v) is 6.70. The van der Waals surface area contributed by atoms with Crippen molar-refractivity contribution in [3.63, 3.8) is 0 Å². The van der Waals surface area contributed by atoms with Gasteiger partial charge in [0, 0.05) is 68.5 Å². The van der Waals surface area contributed by atoms with Crippen molar-refractivity contribution in [3.8, 4) is 16.9 Å². The second kappa shape index (κ2) is 7.19. The van der Waals surface area contributed by atoms with E-state index in [-0.39, 0.29) is 0 Å². The zero-order valence-corrected chi connectivity index (χ0v) is 15.7. The second-order valence-electron chi connectivity index (χ2n) is 6.70.